The fourth-order valence-corrected chi connectivity index (χ4v) is 3.67. The molecular formula is C22H26ClN3O5. The normalized spacial score (nSPS) is 16.3. The van der Waals surface area contributed by atoms with Gasteiger partial charge < -0.3 is 14.7 Å². The molecule has 8 nitrogen and oxygen atoms in total. The van der Waals surface area contributed by atoms with Gasteiger partial charge in [0.1, 0.15) is 12.4 Å². The highest BCUT2D eigenvalue weighted by atomic mass is 35.5. The Bertz CT molecular complexity index is 990. The highest BCUT2D eigenvalue weighted by Gasteiger charge is 2.33. The van der Waals surface area contributed by atoms with Crippen molar-refractivity contribution in [3.63, 3.8) is 0 Å². The first-order valence-electron chi connectivity index (χ1n) is 10.4. The van der Waals surface area contributed by atoms with Crippen molar-refractivity contribution in [2.75, 3.05) is 19.8 Å². The largest absolute Gasteiger partial charge is 0.480 e. The highest BCUT2D eigenvalue weighted by Crippen LogP contribution is 2.20. The summed E-state index contributed by atoms with van der Waals surface area (Å²) in [5, 5.41) is 9.98. The molecule has 0 radical (unpaired) electrons. The lowest BCUT2D eigenvalue weighted by atomic mass is 10.1. The van der Waals surface area contributed by atoms with E-state index in [-0.39, 0.29) is 31.9 Å². The second-order valence-electron chi connectivity index (χ2n) is 7.46. The first kappa shape index (κ1) is 23.0. The van der Waals surface area contributed by atoms with E-state index in [0.717, 1.165) is 24.8 Å². The van der Waals surface area contributed by atoms with Gasteiger partial charge in [-0.3, -0.25) is 14.2 Å². The van der Waals surface area contributed by atoms with Crippen LogP contribution < -0.4 is 5.56 Å². The van der Waals surface area contributed by atoms with Gasteiger partial charge in [0.15, 0.2) is 6.04 Å². The monoisotopic (exact) mass is 447 g/mol. The van der Waals surface area contributed by atoms with Crippen molar-refractivity contribution in [1.29, 1.82) is 0 Å². The quantitative estimate of drug-likeness (QED) is 0.624. The van der Waals surface area contributed by atoms with Crippen LogP contribution in [0.15, 0.2) is 35.1 Å². The molecule has 1 N–H and O–H groups in total. The minimum atomic E-state index is -1.13. The number of carbonyl (C=O) groups excluding carboxylic acids is 1. The molecule has 1 aliphatic heterocycles. The van der Waals surface area contributed by atoms with Gasteiger partial charge in [-0.15, -0.1) is 0 Å². The van der Waals surface area contributed by atoms with Gasteiger partial charge in [0.25, 0.3) is 5.56 Å². The third kappa shape index (κ3) is 5.71. The Labute approximate surface area is 185 Å². The number of nitrogens with zero attached hydrogens (tertiary/aromatic N) is 3. The first-order chi connectivity index (χ1) is 14.9. The van der Waals surface area contributed by atoms with Gasteiger partial charge in [0, 0.05) is 29.6 Å². The average Bonchev–Trinajstić information content (AvgIpc) is 2.76. The topological polar surface area (TPSA) is 102 Å². The number of benzene rings is 1. The molecule has 1 amide bonds. The van der Waals surface area contributed by atoms with Crippen LogP contribution in [0.2, 0.25) is 5.02 Å². The van der Waals surface area contributed by atoms with Gasteiger partial charge >= 0.3 is 5.97 Å². The fraction of sp³-hybridized carbons (Fsp3) is 0.455. The van der Waals surface area contributed by atoms with E-state index in [9.17, 15) is 19.5 Å². The molecule has 0 bridgehead atoms. The van der Waals surface area contributed by atoms with Gasteiger partial charge in [-0.1, -0.05) is 43.5 Å². The van der Waals surface area contributed by atoms with Gasteiger partial charge in [-0.2, -0.15) is 0 Å². The molecule has 1 saturated heterocycles. The van der Waals surface area contributed by atoms with E-state index in [1.54, 1.807) is 24.3 Å². The molecule has 3 rings (SSSR count). The Hall–Kier alpha value is -2.71. The molecule has 9 heteroatoms. The SMILES string of the molecule is CCCCCc1nc(-c2ccc(Cl)cc2)cc(=O)n1CC(=O)N1CCOC[C@H]1C(=O)O. The summed E-state index contributed by atoms with van der Waals surface area (Å²) in [6, 6.07) is 7.39. The summed E-state index contributed by atoms with van der Waals surface area (Å²) in [7, 11) is 0. The number of ether oxygens (including phenoxy) is 1. The molecule has 2 heterocycles. The number of aromatic nitrogens is 2. The minimum absolute atomic E-state index is 0.0624. The predicted octanol–water partition coefficient (Wildman–Crippen LogP) is 2.61. The maximum Gasteiger partial charge on any atom is 0.328 e. The van der Waals surface area contributed by atoms with Crippen molar-refractivity contribution in [1.82, 2.24) is 14.5 Å². The van der Waals surface area contributed by atoms with Crippen LogP contribution in [0.5, 0.6) is 0 Å². The number of hydrogen-bond donors (Lipinski definition) is 1. The van der Waals surface area contributed by atoms with E-state index in [0.29, 0.717) is 23.0 Å². The summed E-state index contributed by atoms with van der Waals surface area (Å²) in [5.74, 6) is -1.05. The summed E-state index contributed by atoms with van der Waals surface area (Å²) in [4.78, 5) is 43.3. The third-order valence-corrected chi connectivity index (χ3v) is 5.51. The number of morpholine rings is 1. The van der Waals surface area contributed by atoms with Crippen molar-refractivity contribution >= 4 is 23.5 Å². The summed E-state index contributed by atoms with van der Waals surface area (Å²) in [6.07, 6.45) is 3.35. The number of halogens is 1. The molecule has 0 unspecified atom stereocenters. The van der Waals surface area contributed by atoms with E-state index < -0.39 is 17.9 Å². The molecule has 0 spiro atoms. The van der Waals surface area contributed by atoms with Gasteiger partial charge in [0.05, 0.1) is 18.9 Å². The lowest BCUT2D eigenvalue weighted by Gasteiger charge is -2.33. The van der Waals surface area contributed by atoms with E-state index in [4.69, 9.17) is 16.3 Å². The molecule has 2 aromatic rings. The van der Waals surface area contributed by atoms with Crippen LogP contribution in [0.4, 0.5) is 0 Å². The first-order valence-corrected chi connectivity index (χ1v) is 10.7. The number of unbranched alkanes of at least 4 members (excludes halogenated alkanes) is 2. The molecule has 1 fully saturated rings. The Morgan fingerprint density at radius 1 is 1.26 bits per heavy atom. The van der Waals surface area contributed by atoms with Gasteiger partial charge in [-0.25, -0.2) is 9.78 Å². The lowest BCUT2D eigenvalue weighted by Crippen LogP contribution is -2.54. The number of carbonyl (C=O) groups is 2. The second kappa shape index (κ2) is 10.5. The van der Waals surface area contributed by atoms with Crippen LogP contribution in [0.25, 0.3) is 11.3 Å². The molecule has 0 aliphatic carbocycles. The maximum atomic E-state index is 13.0. The van der Waals surface area contributed by atoms with Crippen LogP contribution >= 0.6 is 11.6 Å². The summed E-state index contributed by atoms with van der Waals surface area (Å²) < 4.78 is 6.55. The molecule has 0 saturated carbocycles. The van der Waals surface area contributed by atoms with E-state index in [2.05, 4.69) is 11.9 Å². The van der Waals surface area contributed by atoms with Crippen molar-refractivity contribution in [3.05, 3.63) is 51.5 Å². The van der Waals surface area contributed by atoms with Crippen LogP contribution in [-0.4, -0.2) is 57.2 Å². The Morgan fingerprint density at radius 3 is 2.68 bits per heavy atom. The zero-order chi connectivity index (χ0) is 22.4. The zero-order valence-electron chi connectivity index (χ0n) is 17.4. The number of aliphatic carboxylic acids is 1. The Morgan fingerprint density at radius 2 is 2.00 bits per heavy atom. The van der Waals surface area contributed by atoms with Crippen LogP contribution in [0.1, 0.15) is 32.0 Å². The smallest absolute Gasteiger partial charge is 0.328 e. The van der Waals surface area contributed by atoms with E-state index >= 15 is 0 Å². The molecule has 31 heavy (non-hydrogen) atoms. The van der Waals surface area contributed by atoms with Crippen LogP contribution in [-0.2, 0) is 27.3 Å². The maximum absolute atomic E-state index is 13.0. The van der Waals surface area contributed by atoms with Gasteiger partial charge in [-0.05, 0) is 18.6 Å². The molecule has 1 aromatic carbocycles. The van der Waals surface area contributed by atoms with E-state index in [1.807, 2.05) is 0 Å². The lowest BCUT2D eigenvalue weighted by molar-refractivity contribution is -0.158. The standard InChI is InChI=1S/C22H26ClN3O5/c1-2-3-4-5-19-24-17(15-6-8-16(23)9-7-15)12-20(27)26(19)13-21(28)25-10-11-31-14-18(25)22(29)30/h6-9,12,18H,2-5,10-11,13-14H2,1H3,(H,29,30)/t18-/m0/s1. The fourth-order valence-electron chi connectivity index (χ4n) is 3.55. The van der Waals surface area contributed by atoms with E-state index in [1.165, 1.54) is 15.5 Å². The Balaban J connectivity index is 1.92. The molecule has 166 valence electrons. The van der Waals surface area contributed by atoms with Crippen molar-refractivity contribution in [2.45, 2.75) is 45.2 Å². The summed E-state index contributed by atoms with van der Waals surface area (Å²) in [5.41, 5.74) is 0.933. The summed E-state index contributed by atoms with van der Waals surface area (Å²) in [6.45, 7) is 2.21. The highest BCUT2D eigenvalue weighted by molar-refractivity contribution is 6.30. The zero-order valence-corrected chi connectivity index (χ0v) is 18.2. The number of hydrogen-bond acceptors (Lipinski definition) is 5. The average molecular weight is 448 g/mol. The molecule has 1 aliphatic rings. The number of amides is 1. The van der Waals surface area contributed by atoms with Crippen molar-refractivity contribution in [3.8, 4) is 11.3 Å². The third-order valence-electron chi connectivity index (χ3n) is 5.26. The number of carboxylic acid groups (broad SMARTS) is 1. The number of carboxylic acids is 1. The number of rotatable bonds is 8. The van der Waals surface area contributed by atoms with Crippen LogP contribution in [0.3, 0.4) is 0 Å². The number of aryl methyl sites for hydroxylation is 1. The molecular weight excluding hydrogens is 422 g/mol. The van der Waals surface area contributed by atoms with Crippen molar-refractivity contribution in [2.24, 2.45) is 0 Å². The summed E-state index contributed by atoms with van der Waals surface area (Å²) >= 11 is 5.96. The van der Waals surface area contributed by atoms with Crippen molar-refractivity contribution < 1.29 is 19.4 Å². The second-order valence-corrected chi connectivity index (χ2v) is 7.90. The van der Waals surface area contributed by atoms with Gasteiger partial charge in [0.2, 0.25) is 5.91 Å². The van der Waals surface area contributed by atoms with Crippen LogP contribution in [0, 0.1) is 0 Å². The Kier molecular flexibility index (Phi) is 7.81. The molecule has 1 atom stereocenters. The predicted molar refractivity (Wildman–Crippen MR) is 116 cm³/mol. The minimum Gasteiger partial charge on any atom is -0.480 e. The molecule has 1 aromatic heterocycles.